The van der Waals surface area contributed by atoms with Gasteiger partial charge in [0.05, 0.1) is 0 Å². The Bertz CT molecular complexity index is 1940. The molecule has 0 aliphatic carbocycles. The number of aliphatic carboxylic acids is 1. The first kappa shape index (κ1) is 39.8. The maximum Gasteiger partial charge on any atom is 0.326 e. The third-order valence-electron chi connectivity index (χ3n) is 8.29. The van der Waals surface area contributed by atoms with Gasteiger partial charge in [-0.15, -0.1) is 10.2 Å². The molecule has 0 saturated carbocycles. The fourth-order valence-corrected chi connectivity index (χ4v) is 5.66. The molecule has 15 nitrogen and oxygen atoms in total. The molecule has 0 spiro atoms. The average Bonchev–Trinajstić information content (AvgIpc) is 3.84. The molecule has 2 aromatic heterocycles. The van der Waals surface area contributed by atoms with E-state index < -0.39 is 29.7 Å². The molecule has 3 amide bonds. The number of carboxylic acid groups (broad SMARTS) is 1. The summed E-state index contributed by atoms with van der Waals surface area (Å²) in [6.45, 7) is 2.94. The van der Waals surface area contributed by atoms with Gasteiger partial charge in [-0.1, -0.05) is 104 Å². The number of halogens is 1. The van der Waals surface area contributed by atoms with E-state index in [0.29, 0.717) is 16.5 Å². The summed E-state index contributed by atoms with van der Waals surface area (Å²) < 4.78 is 2.14. The molecule has 3 aromatic carbocycles. The van der Waals surface area contributed by atoms with E-state index in [1.54, 1.807) is 30.3 Å². The number of aromatic amines is 1. The second-order valence-electron chi connectivity index (χ2n) is 12.0. The first-order valence-electron chi connectivity index (χ1n) is 17.0. The number of hydroxylamine groups is 1. The molecule has 5 aromatic rings. The predicted molar refractivity (Wildman–Crippen MR) is 196 cm³/mol. The van der Waals surface area contributed by atoms with Crippen LogP contribution in [0.1, 0.15) is 49.6 Å². The van der Waals surface area contributed by atoms with Crippen LogP contribution in [-0.2, 0) is 38.6 Å². The Morgan fingerprint density at radius 1 is 0.925 bits per heavy atom. The van der Waals surface area contributed by atoms with Gasteiger partial charge in [0, 0.05) is 38.2 Å². The summed E-state index contributed by atoms with van der Waals surface area (Å²) >= 11 is 6.13. The summed E-state index contributed by atoms with van der Waals surface area (Å²) in [5, 5.41) is 37.6. The number of nitrogens with one attached hydrogen (secondary N) is 4. The van der Waals surface area contributed by atoms with Gasteiger partial charge in [0.2, 0.25) is 17.6 Å². The van der Waals surface area contributed by atoms with Gasteiger partial charge in [0.1, 0.15) is 22.9 Å². The molecule has 0 aliphatic heterocycles. The third-order valence-corrected chi connectivity index (χ3v) is 8.48. The lowest BCUT2D eigenvalue weighted by Crippen LogP contribution is -2.48. The highest BCUT2D eigenvalue weighted by Gasteiger charge is 2.30. The van der Waals surface area contributed by atoms with E-state index in [1.807, 2.05) is 24.4 Å². The molecular formula is C37H42ClN9O6. The van der Waals surface area contributed by atoms with E-state index in [2.05, 4.69) is 78.1 Å². The normalized spacial score (nSPS) is 11.8. The smallest absolute Gasteiger partial charge is 0.326 e. The Labute approximate surface area is 311 Å². The van der Waals surface area contributed by atoms with Crippen LogP contribution in [0.4, 0.5) is 0 Å². The predicted octanol–water partition coefficient (Wildman–Crippen LogP) is 4.22. The van der Waals surface area contributed by atoms with Crippen molar-refractivity contribution in [2.24, 2.45) is 5.92 Å². The molecule has 0 saturated heterocycles. The number of hydrogen-bond donors (Lipinski definition) is 6. The SMILES string of the molecule is CCCCc1nc(Cl)cn1Cc1ccc(-c2ccccc2-c2nn[nH]n2)cc1.CNC(=O)CCC(NC(=O)C(Cc1ccccc1)C(=O)NO)C(=O)O. The Hall–Kier alpha value is -5.93. The molecule has 0 radical (unpaired) electrons. The van der Waals surface area contributed by atoms with Crippen molar-refractivity contribution in [1.82, 2.24) is 46.3 Å². The molecule has 0 fully saturated rings. The van der Waals surface area contributed by atoms with Crippen LogP contribution in [0.15, 0.2) is 85.1 Å². The molecule has 2 atom stereocenters. The van der Waals surface area contributed by atoms with Gasteiger partial charge in [0.25, 0.3) is 5.91 Å². The van der Waals surface area contributed by atoms with Gasteiger partial charge in [0.15, 0.2) is 0 Å². The molecule has 2 unspecified atom stereocenters. The first-order valence-corrected chi connectivity index (χ1v) is 17.4. The highest BCUT2D eigenvalue weighted by Crippen LogP contribution is 2.30. The van der Waals surface area contributed by atoms with E-state index in [-0.39, 0.29) is 25.2 Å². The zero-order valence-corrected chi connectivity index (χ0v) is 30.1. The topological polar surface area (TPSA) is 217 Å². The van der Waals surface area contributed by atoms with Crippen molar-refractivity contribution >= 4 is 35.3 Å². The van der Waals surface area contributed by atoms with Crippen LogP contribution >= 0.6 is 11.6 Å². The lowest BCUT2D eigenvalue weighted by molar-refractivity contribution is -0.146. The van der Waals surface area contributed by atoms with E-state index in [9.17, 15) is 24.3 Å². The van der Waals surface area contributed by atoms with Gasteiger partial charge < -0.3 is 20.3 Å². The van der Waals surface area contributed by atoms with Crippen LogP contribution in [0, 0.1) is 5.92 Å². The van der Waals surface area contributed by atoms with Gasteiger partial charge in [-0.25, -0.2) is 15.3 Å². The number of nitrogens with zero attached hydrogens (tertiary/aromatic N) is 5. The van der Waals surface area contributed by atoms with Crippen molar-refractivity contribution in [3.63, 3.8) is 0 Å². The summed E-state index contributed by atoms with van der Waals surface area (Å²) in [7, 11) is 1.41. The fourth-order valence-electron chi connectivity index (χ4n) is 5.45. The monoisotopic (exact) mass is 743 g/mol. The molecule has 2 heterocycles. The van der Waals surface area contributed by atoms with E-state index >= 15 is 0 Å². The number of amides is 3. The Morgan fingerprint density at radius 3 is 2.25 bits per heavy atom. The van der Waals surface area contributed by atoms with E-state index in [4.69, 9.17) is 16.8 Å². The largest absolute Gasteiger partial charge is 0.480 e. The van der Waals surface area contributed by atoms with Crippen LogP contribution in [0.2, 0.25) is 5.15 Å². The van der Waals surface area contributed by atoms with Crippen molar-refractivity contribution in [3.8, 4) is 22.5 Å². The highest BCUT2D eigenvalue weighted by atomic mass is 35.5. The minimum Gasteiger partial charge on any atom is -0.480 e. The number of H-pyrrole nitrogens is 1. The number of aromatic nitrogens is 6. The fraction of sp³-hybridized carbons (Fsp3) is 0.297. The summed E-state index contributed by atoms with van der Waals surface area (Å²) in [4.78, 5) is 51.1. The molecule has 5 rings (SSSR count). The number of aryl methyl sites for hydroxylation is 1. The van der Waals surface area contributed by atoms with Gasteiger partial charge in [-0.2, -0.15) is 5.21 Å². The summed E-state index contributed by atoms with van der Waals surface area (Å²) in [5.41, 5.74) is 6.42. The Balaban J connectivity index is 0.000000239. The lowest BCUT2D eigenvalue weighted by Gasteiger charge is -2.19. The number of carbonyl (C=O) groups excluding carboxylic acids is 3. The van der Waals surface area contributed by atoms with Crippen LogP contribution in [0.5, 0.6) is 0 Å². The summed E-state index contributed by atoms with van der Waals surface area (Å²) in [6.07, 6.45) is 4.87. The van der Waals surface area contributed by atoms with Crippen molar-refractivity contribution in [2.45, 2.75) is 58.0 Å². The van der Waals surface area contributed by atoms with Gasteiger partial charge in [-0.3, -0.25) is 19.6 Å². The second kappa shape index (κ2) is 20.2. The molecule has 53 heavy (non-hydrogen) atoms. The Morgan fingerprint density at radius 2 is 1.62 bits per heavy atom. The van der Waals surface area contributed by atoms with Crippen LogP contribution in [0.25, 0.3) is 22.5 Å². The number of benzene rings is 3. The minimum absolute atomic E-state index is 0.0130. The number of hydrogen-bond acceptors (Lipinski definition) is 9. The molecule has 278 valence electrons. The van der Waals surface area contributed by atoms with Crippen LogP contribution in [0.3, 0.4) is 0 Å². The molecule has 0 aliphatic rings. The summed E-state index contributed by atoms with van der Waals surface area (Å²) in [6, 6.07) is 23.9. The standard InChI is InChI=1S/C21H21ClN6.C16H21N3O6/c1-2-3-8-20-23-19(22)14-28(20)13-15-9-11-16(12-10-15)17-6-4-5-7-18(17)21-24-26-27-25-21;1-17-13(20)8-7-12(16(23)24)18-14(21)11(15(22)19-25)9-10-5-3-2-4-6-10/h4-7,9-12,14H,2-3,8,13H2,1H3,(H,24,25,26,27);2-6,11-12,25H,7-9H2,1H3,(H,17,20)(H,18,21)(H,19,22)(H,23,24). The van der Waals surface area contributed by atoms with Crippen molar-refractivity contribution in [1.29, 1.82) is 0 Å². The van der Waals surface area contributed by atoms with Crippen molar-refractivity contribution in [2.75, 3.05) is 7.05 Å². The molecular weight excluding hydrogens is 702 g/mol. The first-order chi connectivity index (χ1) is 25.6. The van der Waals surface area contributed by atoms with Gasteiger partial charge >= 0.3 is 5.97 Å². The van der Waals surface area contributed by atoms with Gasteiger partial charge in [-0.05, 0) is 46.7 Å². The van der Waals surface area contributed by atoms with Crippen molar-refractivity contribution in [3.05, 3.63) is 107 Å². The Kier molecular flexibility index (Phi) is 15.2. The average molecular weight is 744 g/mol. The molecule has 16 heteroatoms. The number of imidazole rings is 1. The maximum atomic E-state index is 12.3. The summed E-state index contributed by atoms with van der Waals surface area (Å²) in [5.74, 6) is -3.16. The van der Waals surface area contributed by atoms with Crippen LogP contribution < -0.4 is 16.1 Å². The highest BCUT2D eigenvalue weighted by molar-refractivity contribution is 6.29. The quantitative estimate of drug-likeness (QED) is 0.0480. The zero-order valence-electron chi connectivity index (χ0n) is 29.3. The van der Waals surface area contributed by atoms with E-state index in [1.165, 1.54) is 18.1 Å². The zero-order chi connectivity index (χ0) is 38.2. The number of unbranched alkanes of at least 4 members (excludes halogenated alkanes) is 1. The van der Waals surface area contributed by atoms with E-state index in [0.717, 1.165) is 48.3 Å². The van der Waals surface area contributed by atoms with Crippen molar-refractivity contribution < 1.29 is 29.5 Å². The second-order valence-corrected chi connectivity index (χ2v) is 12.4. The number of tetrazole rings is 1. The lowest BCUT2D eigenvalue weighted by atomic mass is 9.97. The number of carbonyl (C=O) groups is 4. The van der Waals surface area contributed by atoms with Crippen LogP contribution in [-0.4, -0.2) is 77.3 Å². The molecule has 6 N–H and O–H groups in total. The maximum absolute atomic E-state index is 12.3. The molecule has 0 bridgehead atoms. The third kappa shape index (κ3) is 11.8. The number of rotatable bonds is 16. The minimum atomic E-state index is -1.32. The number of carboxylic acids is 1.